The van der Waals surface area contributed by atoms with Crippen LogP contribution in [0.15, 0.2) is 47.0 Å². The van der Waals surface area contributed by atoms with E-state index in [9.17, 15) is 0 Å². The molecule has 0 radical (unpaired) electrons. The monoisotopic (exact) mass is 351 g/mol. The Bertz CT molecular complexity index is 1320. The van der Waals surface area contributed by atoms with Crippen LogP contribution in [-0.2, 0) is 13.5 Å². The molecule has 0 amide bonds. The standard InChI is InChI=1S/C23H25N2O/c1-14(2)12-17-8-10-19-18-9-7-16(4)21(22(18)26-23(19)24-17)20-11-6-15(3)13-25(20)5/h6-11,13-14H,12H2,1-5H3/q+1/i1D3,3D2,14D. The van der Waals surface area contributed by atoms with Crippen molar-refractivity contribution in [2.75, 3.05) is 0 Å². The highest BCUT2D eigenvalue weighted by molar-refractivity contribution is 6.08. The van der Waals surface area contributed by atoms with Gasteiger partial charge in [-0.1, -0.05) is 25.9 Å². The molecule has 0 N–H and O–H groups in total. The summed E-state index contributed by atoms with van der Waals surface area (Å²) in [7, 11) is 1.88. The van der Waals surface area contributed by atoms with E-state index in [4.69, 9.17) is 12.6 Å². The van der Waals surface area contributed by atoms with Crippen molar-refractivity contribution in [2.45, 2.75) is 34.0 Å². The summed E-state index contributed by atoms with van der Waals surface area (Å²) in [5.74, 6) is -1.65. The highest BCUT2D eigenvalue weighted by atomic mass is 16.3. The Morgan fingerprint density at radius 3 is 2.81 bits per heavy atom. The first kappa shape index (κ1) is 11.1. The fourth-order valence-corrected chi connectivity index (χ4v) is 3.43. The highest BCUT2D eigenvalue weighted by Gasteiger charge is 2.21. The fourth-order valence-electron chi connectivity index (χ4n) is 3.43. The van der Waals surface area contributed by atoms with E-state index >= 15 is 0 Å². The molecular formula is C23H25N2O+. The second-order valence-corrected chi connectivity index (χ2v) is 6.81. The zero-order valence-corrected chi connectivity index (χ0v) is 15.1. The third-order valence-corrected chi connectivity index (χ3v) is 4.63. The second-order valence-electron chi connectivity index (χ2n) is 6.81. The lowest BCUT2D eigenvalue weighted by atomic mass is 10.0. The van der Waals surface area contributed by atoms with Gasteiger partial charge in [0.15, 0.2) is 11.8 Å². The first-order chi connectivity index (χ1) is 14.9. The number of furan rings is 1. The van der Waals surface area contributed by atoms with E-state index in [0.717, 1.165) is 27.6 Å². The Balaban J connectivity index is 1.87. The largest absolute Gasteiger partial charge is 0.437 e. The molecular weight excluding hydrogens is 320 g/mol. The number of pyridine rings is 2. The molecule has 1 aromatic carbocycles. The minimum Gasteiger partial charge on any atom is -0.437 e. The van der Waals surface area contributed by atoms with Gasteiger partial charge in [0.2, 0.25) is 11.4 Å². The molecule has 0 bridgehead atoms. The lowest BCUT2D eigenvalue weighted by molar-refractivity contribution is -0.660. The molecule has 3 aromatic heterocycles. The summed E-state index contributed by atoms with van der Waals surface area (Å²) in [6.45, 7) is -0.0826. The molecule has 4 aromatic rings. The molecule has 0 aliphatic rings. The van der Waals surface area contributed by atoms with E-state index in [2.05, 4.69) is 4.98 Å². The van der Waals surface area contributed by atoms with E-state index in [-0.39, 0.29) is 6.42 Å². The van der Waals surface area contributed by atoms with Crippen molar-refractivity contribution in [3.05, 3.63) is 59.4 Å². The van der Waals surface area contributed by atoms with Crippen LogP contribution in [0.5, 0.6) is 0 Å². The smallest absolute Gasteiger partial charge is 0.227 e. The van der Waals surface area contributed by atoms with Gasteiger partial charge in [0.1, 0.15) is 7.05 Å². The molecule has 1 atom stereocenters. The van der Waals surface area contributed by atoms with E-state index in [1.807, 2.05) is 42.8 Å². The lowest BCUT2D eigenvalue weighted by Crippen LogP contribution is -2.31. The maximum Gasteiger partial charge on any atom is 0.227 e. The molecule has 3 nitrogen and oxygen atoms in total. The number of nitrogens with zero attached hydrogens (tertiary/aromatic N) is 2. The van der Waals surface area contributed by atoms with Crippen LogP contribution >= 0.6 is 0 Å². The van der Waals surface area contributed by atoms with Crippen LogP contribution in [-0.4, -0.2) is 4.98 Å². The Kier molecular flexibility index (Phi) is 2.67. The zero-order chi connectivity index (χ0) is 23.4. The third-order valence-electron chi connectivity index (χ3n) is 4.63. The van der Waals surface area contributed by atoms with E-state index in [1.54, 1.807) is 18.3 Å². The van der Waals surface area contributed by atoms with Crippen LogP contribution in [0.2, 0.25) is 0 Å². The SMILES string of the molecule is [2H]C([2H])c1ccc(-c2c(C)ccc3c2oc2nc(CC([2H])(C)C([2H])([2H])[2H])ccc23)[n+](C)c1. The van der Waals surface area contributed by atoms with Gasteiger partial charge in [0, 0.05) is 36.3 Å². The van der Waals surface area contributed by atoms with Gasteiger partial charge in [-0.3, -0.25) is 0 Å². The third kappa shape index (κ3) is 2.78. The summed E-state index contributed by atoms with van der Waals surface area (Å²) in [5.41, 5.74) is 4.97. The summed E-state index contributed by atoms with van der Waals surface area (Å²) in [5, 5.41) is 1.72. The first-order valence-corrected chi connectivity index (χ1v) is 8.55. The molecule has 4 rings (SSSR count). The van der Waals surface area contributed by atoms with E-state index < -0.39 is 19.6 Å². The predicted molar refractivity (Wildman–Crippen MR) is 106 cm³/mol. The molecule has 0 aliphatic carbocycles. The minimum absolute atomic E-state index is 0.0137. The molecule has 0 saturated heterocycles. The maximum absolute atomic E-state index is 8.21. The number of rotatable bonds is 3. The number of fused-ring (bicyclic) bond motifs is 3. The van der Waals surface area contributed by atoms with Gasteiger partial charge in [0.05, 0.1) is 5.56 Å². The lowest BCUT2D eigenvalue weighted by Gasteiger charge is -2.05. The molecule has 26 heavy (non-hydrogen) atoms. The summed E-state index contributed by atoms with van der Waals surface area (Å²) in [4.78, 5) is 4.54. The van der Waals surface area contributed by atoms with Gasteiger partial charge >= 0.3 is 0 Å². The van der Waals surface area contributed by atoms with Gasteiger partial charge in [-0.15, -0.1) is 0 Å². The average Bonchev–Trinajstić information content (AvgIpc) is 3.04. The summed E-state index contributed by atoms with van der Waals surface area (Å²) in [6.07, 6.45) is 1.77. The Labute approximate surface area is 162 Å². The molecule has 3 heterocycles. The van der Waals surface area contributed by atoms with Gasteiger partial charge in [-0.2, -0.15) is 0 Å². The van der Waals surface area contributed by atoms with Crippen LogP contribution < -0.4 is 4.57 Å². The number of hydrogen-bond acceptors (Lipinski definition) is 2. The van der Waals surface area contributed by atoms with Crippen molar-refractivity contribution in [2.24, 2.45) is 12.9 Å². The average molecular weight is 352 g/mol. The van der Waals surface area contributed by atoms with Crippen LogP contribution in [0.3, 0.4) is 0 Å². The van der Waals surface area contributed by atoms with Gasteiger partial charge in [0.25, 0.3) is 0 Å². The molecule has 0 fully saturated rings. The normalized spacial score (nSPS) is 18.0. The topological polar surface area (TPSA) is 29.9 Å². The Morgan fingerprint density at radius 2 is 2.04 bits per heavy atom. The van der Waals surface area contributed by atoms with E-state index in [1.165, 1.54) is 6.92 Å². The number of aromatic nitrogens is 2. The van der Waals surface area contributed by atoms with E-state index in [0.29, 0.717) is 22.6 Å². The number of benzene rings is 1. The molecule has 132 valence electrons. The minimum atomic E-state index is -2.42. The second kappa shape index (κ2) is 6.24. The zero-order valence-electron chi connectivity index (χ0n) is 21.1. The van der Waals surface area contributed by atoms with Crippen LogP contribution in [0.25, 0.3) is 33.3 Å². The van der Waals surface area contributed by atoms with Crippen LogP contribution in [0.1, 0.15) is 38.8 Å². The van der Waals surface area contributed by atoms with Crippen molar-refractivity contribution in [3.63, 3.8) is 0 Å². The fraction of sp³-hybridized carbons (Fsp3) is 0.304. The van der Waals surface area contributed by atoms with Crippen molar-refractivity contribution in [1.29, 1.82) is 0 Å². The summed E-state index contributed by atoms with van der Waals surface area (Å²) >= 11 is 0. The quantitative estimate of drug-likeness (QED) is 0.470. The molecule has 3 heteroatoms. The van der Waals surface area contributed by atoms with Gasteiger partial charge in [-0.25, -0.2) is 9.55 Å². The van der Waals surface area contributed by atoms with Gasteiger partial charge in [-0.05, 0) is 49.9 Å². The molecule has 1 unspecified atom stereocenters. The van der Waals surface area contributed by atoms with Crippen molar-refractivity contribution < 1.29 is 17.2 Å². The first-order valence-electron chi connectivity index (χ1n) is 11.7. The highest BCUT2D eigenvalue weighted by Crippen LogP contribution is 2.36. The number of aryl methyl sites for hydroxylation is 3. The predicted octanol–water partition coefficient (Wildman–Crippen LogP) is 5.29. The molecule has 0 spiro atoms. The Morgan fingerprint density at radius 1 is 1.19 bits per heavy atom. The maximum atomic E-state index is 8.21. The molecule has 0 saturated carbocycles. The summed E-state index contributed by atoms with van der Waals surface area (Å²) < 4.78 is 54.4. The number of hydrogen-bond donors (Lipinski definition) is 0. The van der Waals surface area contributed by atoms with Crippen LogP contribution in [0, 0.1) is 19.7 Å². The van der Waals surface area contributed by atoms with Crippen molar-refractivity contribution in [1.82, 2.24) is 4.98 Å². The molecule has 0 aliphatic heterocycles. The van der Waals surface area contributed by atoms with Gasteiger partial charge < -0.3 is 4.42 Å². The van der Waals surface area contributed by atoms with Crippen molar-refractivity contribution >= 4 is 22.1 Å². The van der Waals surface area contributed by atoms with Crippen LogP contribution in [0.4, 0.5) is 0 Å². The van der Waals surface area contributed by atoms with Crippen molar-refractivity contribution in [3.8, 4) is 11.3 Å². The Hall–Kier alpha value is -2.68. The summed E-state index contributed by atoms with van der Waals surface area (Å²) in [6, 6.07) is 11.3.